The van der Waals surface area contributed by atoms with E-state index < -0.39 is 18.2 Å². The van der Waals surface area contributed by atoms with Crippen molar-refractivity contribution in [3.8, 4) is 11.3 Å². The lowest BCUT2D eigenvalue weighted by Gasteiger charge is -2.29. The van der Waals surface area contributed by atoms with E-state index in [0.717, 1.165) is 77.2 Å². The monoisotopic (exact) mass is 752 g/mol. The van der Waals surface area contributed by atoms with Gasteiger partial charge in [-0.2, -0.15) is 4.89 Å². The fraction of sp³-hybridized carbons (Fsp3) is 0.463. The summed E-state index contributed by atoms with van der Waals surface area (Å²) in [5.74, 6) is 1.25. The Kier molecular flexibility index (Phi) is 12.7. The molecule has 6 rings (SSSR count). The van der Waals surface area contributed by atoms with E-state index in [4.69, 9.17) is 14.6 Å². The second kappa shape index (κ2) is 17.8. The zero-order valence-corrected chi connectivity index (χ0v) is 32.5. The maximum absolute atomic E-state index is 13.5. The molecule has 14 nitrogen and oxygen atoms in total. The van der Waals surface area contributed by atoms with Gasteiger partial charge in [0.25, 0.3) is 0 Å². The molecular weight excluding hydrogens is 701 g/mol. The van der Waals surface area contributed by atoms with Crippen LogP contribution in [0, 0.1) is 11.8 Å². The minimum Gasteiger partial charge on any atom is -0.453 e. The number of methoxy groups -OCH3 is 1. The van der Waals surface area contributed by atoms with E-state index in [0.29, 0.717) is 13.1 Å². The number of fused-ring (bicyclic) bond motifs is 1. The number of benzene rings is 2. The molecule has 14 heteroatoms. The first-order valence-corrected chi connectivity index (χ1v) is 19.0. The normalized spacial score (nSPS) is 18.6. The predicted octanol–water partition coefficient (Wildman–Crippen LogP) is 6.55. The first kappa shape index (κ1) is 39.2. The number of ether oxygens (including phenoxy) is 1. The molecule has 2 aliphatic rings. The van der Waals surface area contributed by atoms with Crippen LogP contribution in [0.2, 0.25) is 0 Å². The van der Waals surface area contributed by atoms with Gasteiger partial charge in [0.1, 0.15) is 23.7 Å². The molecule has 4 atom stereocenters. The molecule has 0 bridgehead atoms. The average molecular weight is 753 g/mol. The van der Waals surface area contributed by atoms with Gasteiger partial charge in [-0.15, -0.1) is 0 Å². The highest BCUT2D eigenvalue weighted by Gasteiger charge is 2.38. The number of allylic oxidation sites excluding steroid dienone is 1. The molecule has 3 N–H and O–H groups in total. The molecule has 3 amide bonds. The molecule has 292 valence electrons. The number of carbonyl (C=O) groups excluding carboxylic acids is 3. The highest BCUT2D eigenvalue weighted by Crippen LogP contribution is 2.34. The van der Waals surface area contributed by atoms with E-state index in [1.165, 1.54) is 20.6 Å². The highest BCUT2D eigenvalue weighted by atomic mass is 17.2. The van der Waals surface area contributed by atoms with Crippen molar-refractivity contribution >= 4 is 41.4 Å². The minimum absolute atomic E-state index is 0.00459. The van der Waals surface area contributed by atoms with Gasteiger partial charge in [-0.05, 0) is 72.8 Å². The van der Waals surface area contributed by atoms with Gasteiger partial charge in [0.05, 0.1) is 49.2 Å². The maximum Gasteiger partial charge on any atom is 0.407 e. The summed E-state index contributed by atoms with van der Waals surface area (Å²) in [5, 5.41) is 2.70. The van der Waals surface area contributed by atoms with Crippen molar-refractivity contribution in [2.24, 2.45) is 16.8 Å². The highest BCUT2D eigenvalue weighted by molar-refractivity contribution is 5.87. The lowest BCUT2D eigenvalue weighted by molar-refractivity contribution is -0.188. The zero-order chi connectivity index (χ0) is 39.1. The third-order valence-electron chi connectivity index (χ3n) is 10.4. The van der Waals surface area contributed by atoms with Crippen molar-refractivity contribution < 1.29 is 28.9 Å². The summed E-state index contributed by atoms with van der Waals surface area (Å²) in [6, 6.07) is 12.9. The van der Waals surface area contributed by atoms with Crippen molar-refractivity contribution in [2.75, 3.05) is 27.3 Å². The molecule has 2 aromatic heterocycles. The van der Waals surface area contributed by atoms with Gasteiger partial charge in [0.2, 0.25) is 18.2 Å². The third kappa shape index (κ3) is 9.07. The standard InChI is InChI=1S/C41H52N8O6/c1-25(2)35(43-24-55-54-6)39(50)48-20-8-12-33(48)37-42-23-32(46-37)29-17-14-27(15-18-29)10-7-11-28-16-19-30-31(22-28)45-38(44-30)34-13-9-21-49(34)40(51)36(26(3)4)47-41(52)53-5/h7,10,14-19,22-26,33-36H,8-9,11-13,20-21H2,1-6H3,(H,42,46)(H,44,45)(H,47,52)/b10-7+,43-24?/t33?,34-,35-,36-/m0/s1. The molecule has 2 aliphatic heterocycles. The molecule has 4 aromatic rings. The van der Waals surface area contributed by atoms with Crippen molar-refractivity contribution in [1.29, 1.82) is 0 Å². The van der Waals surface area contributed by atoms with Crippen molar-refractivity contribution in [3.63, 3.8) is 0 Å². The SMILES string of the molecule is COOC=N[C@H](C(=O)N1CCCC1c1ncc(-c2ccc(/C=C/Cc3ccc4nc([C@@H]5CCCN5C(=O)[C@@H](NC(=O)OC)C(C)C)[nH]c4c3)cc2)[nH]1)C(C)C. The molecule has 4 heterocycles. The van der Waals surface area contributed by atoms with Crippen LogP contribution in [0.15, 0.2) is 59.7 Å². The van der Waals surface area contributed by atoms with Gasteiger partial charge < -0.3 is 34.7 Å². The number of aromatic nitrogens is 4. The molecule has 2 fully saturated rings. The third-order valence-corrected chi connectivity index (χ3v) is 10.4. The number of hydrogen-bond acceptors (Lipinski definition) is 9. The zero-order valence-electron chi connectivity index (χ0n) is 32.5. The Morgan fingerprint density at radius 2 is 1.64 bits per heavy atom. The lowest BCUT2D eigenvalue weighted by Crippen LogP contribution is -2.51. The predicted molar refractivity (Wildman–Crippen MR) is 210 cm³/mol. The van der Waals surface area contributed by atoms with Crippen LogP contribution in [-0.4, -0.2) is 93.4 Å². The van der Waals surface area contributed by atoms with Crippen molar-refractivity contribution in [2.45, 2.75) is 84.0 Å². The van der Waals surface area contributed by atoms with Crippen LogP contribution in [0.1, 0.15) is 88.2 Å². The number of nitrogens with one attached hydrogen (secondary N) is 3. The van der Waals surface area contributed by atoms with Gasteiger partial charge in [0.15, 0.2) is 0 Å². The largest absolute Gasteiger partial charge is 0.453 e. The number of aliphatic imine (C=N–C) groups is 1. The number of rotatable bonds is 14. The van der Waals surface area contributed by atoms with Crippen molar-refractivity contribution in [1.82, 2.24) is 35.1 Å². The lowest BCUT2D eigenvalue weighted by atomic mass is 10.0. The first-order chi connectivity index (χ1) is 26.6. The van der Waals surface area contributed by atoms with Crippen LogP contribution in [0.25, 0.3) is 28.4 Å². The van der Waals surface area contributed by atoms with Gasteiger partial charge >= 0.3 is 6.09 Å². The first-order valence-electron chi connectivity index (χ1n) is 19.0. The topological polar surface area (TPSA) is 167 Å². The molecule has 0 saturated carbocycles. The Hall–Kier alpha value is -5.50. The molecule has 2 saturated heterocycles. The second-order valence-electron chi connectivity index (χ2n) is 14.8. The summed E-state index contributed by atoms with van der Waals surface area (Å²) in [7, 11) is 2.69. The van der Waals surface area contributed by atoms with Gasteiger partial charge in [0, 0.05) is 13.1 Å². The van der Waals surface area contributed by atoms with E-state index in [-0.39, 0.29) is 35.7 Å². The Labute approximate surface area is 321 Å². The van der Waals surface area contributed by atoms with Crippen molar-refractivity contribution in [3.05, 3.63) is 77.5 Å². The van der Waals surface area contributed by atoms with Gasteiger partial charge in [-0.3, -0.25) is 9.59 Å². The van der Waals surface area contributed by atoms with E-state index in [2.05, 4.69) is 78.7 Å². The van der Waals surface area contributed by atoms with Crippen LogP contribution in [0.3, 0.4) is 0 Å². The summed E-state index contributed by atoms with van der Waals surface area (Å²) in [6.45, 7) is 9.01. The Morgan fingerprint density at radius 1 is 0.927 bits per heavy atom. The molecule has 55 heavy (non-hydrogen) atoms. The average Bonchev–Trinajstić information content (AvgIpc) is 4.01. The number of nitrogens with zero attached hydrogens (tertiary/aromatic N) is 5. The number of carbonyl (C=O) groups is 3. The molecule has 0 radical (unpaired) electrons. The van der Waals surface area contributed by atoms with E-state index in [1.54, 1.807) is 0 Å². The van der Waals surface area contributed by atoms with Gasteiger partial charge in [-0.25, -0.2) is 19.8 Å². The maximum atomic E-state index is 13.5. The summed E-state index contributed by atoms with van der Waals surface area (Å²) >= 11 is 0. The Bertz CT molecular complexity index is 2000. The van der Waals surface area contributed by atoms with Gasteiger partial charge in [-0.1, -0.05) is 70.2 Å². The molecular formula is C41H52N8O6. The minimum atomic E-state index is -0.677. The van der Waals surface area contributed by atoms with Crippen LogP contribution in [0.4, 0.5) is 4.79 Å². The summed E-state index contributed by atoms with van der Waals surface area (Å²) in [5.41, 5.74) is 5.89. The second-order valence-corrected chi connectivity index (χ2v) is 14.8. The quantitative estimate of drug-likeness (QED) is 0.0565. The fourth-order valence-corrected chi connectivity index (χ4v) is 7.45. The van der Waals surface area contributed by atoms with E-state index in [9.17, 15) is 14.4 Å². The van der Waals surface area contributed by atoms with E-state index in [1.807, 2.05) is 49.8 Å². The fourth-order valence-electron chi connectivity index (χ4n) is 7.45. The molecule has 0 spiro atoms. The van der Waals surface area contributed by atoms with Crippen LogP contribution in [-0.2, 0) is 30.5 Å². The summed E-state index contributed by atoms with van der Waals surface area (Å²) in [4.78, 5) is 72.9. The van der Waals surface area contributed by atoms with Crippen LogP contribution >= 0.6 is 0 Å². The number of H-pyrrole nitrogens is 2. The van der Waals surface area contributed by atoms with E-state index >= 15 is 0 Å². The summed E-state index contributed by atoms with van der Waals surface area (Å²) in [6.07, 6.45) is 10.8. The molecule has 1 unspecified atom stereocenters. The number of hydrogen-bond donors (Lipinski definition) is 3. The Morgan fingerprint density at radius 3 is 2.31 bits per heavy atom. The Balaban J connectivity index is 1.07. The molecule has 2 aromatic carbocycles. The number of amides is 3. The number of imidazole rings is 2. The summed E-state index contributed by atoms with van der Waals surface area (Å²) < 4.78 is 4.76. The smallest absolute Gasteiger partial charge is 0.407 e. The van der Waals surface area contributed by atoms with Crippen LogP contribution < -0.4 is 5.32 Å². The number of aromatic amines is 2. The van der Waals surface area contributed by atoms with Crippen LogP contribution in [0.5, 0.6) is 0 Å². The number of alkyl carbamates (subject to hydrolysis) is 1. The number of likely N-dealkylation sites (tertiary alicyclic amines) is 2. The molecule has 0 aliphatic carbocycles.